The van der Waals surface area contributed by atoms with Crippen molar-refractivity contribution in [2.45, 2.75) is 51.0 Å². The van der Waals surface area contributed by atoms with Gasteiger partial charge in [-0.1, -0.05) is 19.3 Å². The van der Waals surface area contributed by atoms with Crippen LogP contribution < -0.4 is 10.6 Å². The third-order valence-corrected chi connectivity index (χ3v) is 3.63. The first-order valence-electron chi connectivity index (χ1n) is 6.45. The number of anilines is 1. The minimum Gasteiger partial charge on any atom is -0.342 e. The molecule has 1 saturated carbocycles. The minimum absolute atomic E-state index is 0.132. The zero-order chi connectivity index (χ0) is 12.3. The van der Waals surface area contributed by atoms with Crippen molar-refractivity contribution in [1.29, 1.82) is 0 Å². The van der Waals surface area contributed by atoms with Gasteiger partial charge >= 0.3 is 0 Å². The first-order valence-corrected chi connectivity index (χ1v) is 6.45. The summed E-state index contributed by atoms with van der Waals surface area (Å²) in [4.78, 5) is 6.34. The van der Waals surface area contributed by atoms with Crippen molar-refractivity contribution in [3.05, 3.63) is 5.89 Å². The van der Waals surface area contributed by atoms with Gasteiger partial charge in [0.2, 0.25) is 5.89 Å². The summed E-state index contributed by atoms with van der Waals surface area (Å²) in [6.45, 7) is 2.92. The first-order chi connectivity index (χ1) is 8.13. The highest BCUT2D eigenvalue weighted by Gasteiger charge is 2.30. The molecule has 0 saturated heterocycles. The van der Waals surface area contributed by atoms with Gasteiger partial charge in [-0.05, 0) is 24.9 Å². The third kappa shape index (κ3) is 2.97. The fraction of sp³-hybridized carbons (Fsp3) is 0.833. The molecule has 5 nitrogen and oxygen atoms in total. The molecule has 1 heterocycles. The van der Waals surface area contributed by atoms with Crippen molar-refractivity contribution in [3.8, 4) is 0 Å². The van der Waals surface area contributed by atoms with E-state index in [0.29, 0.717) is 18.3 Å². The lowest BCUT2D eigenvalue weighted by atomic mass is 9.80. The standard InChI is InChI=1S/C12H22N4O/c1-3-16(2)11-14-10(17-15-11)9-12(13)7-5-4-6-8-12/h3-9,13H2,1-2H3. The average molecular weight is 238 g/mol. The highest BCUT2D eigenvalue weighted by Crippen LogP contribution is 2.28. The molecule has 2 N–H and O–H groups in total. The molecule has 1 aromatic heterocycles. The lowest BCUT2D eigenvalue weighted by molar-refractivity contribution is 0.261. The zero-order valence-corrected chi connectivity index (χ0v) is 10.8. The van der Waals surface area contributed by atoms with Gasteiger partial charge in [-0.3, -0.25) is 0 Å². The summed E-state index contributed by atoms with van der Waals surface area (Å²) in [6.07, 6.45) is 6.56. The van der Waals surface area contributed by atoms with Gasteiger partial charge in [0.1, 0.15) is 0 Å². The van der Waals surface area contributed by atoms with E-state index in [1.807, 2.05) is 11.9 Å². The highest BCUT2D eigenvalue weighted by molar-refractivity contribution is 5.25. The first kappa shape index (κ1) is 12.4. The van der Waals surface area contributed by atoms with E-state index < -0.39 is 0 Å². The molecule has 0 aliphatic heterocycles. The van der Waals surface area contributed by atoms with Crippen molar-refractivity contribution in [1.82, 2.24) is 10.1 Å². The zero-order valence-electron chi connectivity index (χ0n) is 10.8. The van der Waals surface area contributed by atoms with Crippen molar-refractivity contribution < 1.29 is 4.52 Å². The molecular weight excluding hydrogens is 216 g/mol. The van der Waals surface area contributed by atoms with Gasteiger partial charge in [0, 0.05) is 25.6 Å². The van der Waals surface area contributed by atoms with Crippen molar-refractivity contribution >= 4 is 5.95 Å². The van der Waals surface area contributed by atoms with Crippen molar-refractivity contribution in [3.63, 3.8) is 0 Å². The van der Waals surface area contributed by atoms with Gasteiger partial charge < -0.3 is 15.2 Å². The molecule has 17 heavy (non-hydrogen) atoms. The maximum absolute atomic E-state index is 6.37. The Hall–Kier alpha value is -1.10. The van der Waals surface area contributed by atoms with E-state index in [1.165, 1.54) is 19.3 Å². The molecule has 1 aromatic rings. The van der Waals surface area contributed by atoms with E-state index in [0.717, 1.165) is 19.4 Å². The largest absolute Gasteiger partial charge is 0.342 e. The summed E-state index contributed by atoms with van der Waals surface area (Å²) >= 11 is 0. The number of hydrogen-bond acceptors (Lipinski definition) is 5. The second-order valence-electron chi connectivity index (χ2n) is 5.10. The molecule has 1 fully saturated rings. The molecule has 0 unspecified atom stereocenters. The van der Waals surface area contributed by atoms with Crippen LogP contribution in [-0.2, 0) is 6.42 Å². The topological polar surface area (TPSA) is 68.2 Å². The second-order valence-corrected chi connectivity index (χ2v) is 5.10. The van der Waals surface area contributed by atoms with Crippen LogP contribution in [0.25, 0.3) is 0 Å². The average Bonchev–Trinajstić information content (AvgIpc) is 2.76. The molecular formula is C12H22N4O. The molecule has 0 atom stereocenters. The van der Waals surface area contributed by atoms with Gasteiger partial charge in [-0.2, -0.15) is 4.98 Å². The Labute approximate surface area is 102 Å². The van der Waals surface area contributed by atoms with Gasteiger partial charge in [0.05, 0.1) is 0 Å². The number of aromatic nitrogens is 2. The minimum atomic E-state index is -0.132. The molecule has 0 amide bonds. The molecule has 0 bridgehead atoms. The van der Waals surface area contributed by atoms with Gasteiger partial charge in [0.15, 0.2) is 0 Å². The Kier molecular flexibility index (Phi) is 3.66. The van der Waals surface area contributed by atoms with E-state index >= 15 is 0 Å². The molecule has 96 valence electrons. The van der Waals surface area contributed by atoms with Crippen LogP contribution in [0.3, 0.4) is 0 Å². The number of nitrogens with zero attached hydrogens (tertiary/aromatic N) is 3. The second kappa shape index (κ2) is 5.04. The van der Waals surface area contributed by atoms with Gasteiger partial charge in [-0.15, -0.1) is 0 Å². The summed E-state index contributed by atoms with van der Waals surface area (Å²) in [5.41, 5.74) is 6.24. The summed E-state index contributed by atoms with van der Waals surface area (Å²) in [5.74, 6) is 1.33. The quantitative estimate of drug-likeness (QED) is 0.865. The Morgan fingerprint density at radius 3 is 2.71 bits per heavy atom. The van der Waals surface area contributed by atoms with Crippen molar-refractivity contribution in [2.75, 3.05) is 18.5 Å². The predicted octanol–water partition coefficient (Wildman–Crippen LogP) is 1.73. The number of nitrogens with two attached hydrogens (primary N) is 1. The Morgan fingerprint density at radius 1 is 1.35 bits per heavy atom. The van der Waals surface area contributed by atoms with E-state index in [2.05, 4.69) is 17.1 Å². The Bertz CT molecular complexity index is 357. The van der Waals surface area contributed by atoms with E-state index in [4.69, 9.17) is 10.3 Å². The van der Waals surface area contributed by atoms with Crippen LogP contribution in [-0.4, -0.2) is 29.3 Å². The molecule has 1 aliphatic rings. The van der Waals surface area contributed by atoms with Gasteiger partial charge in [-0.25, -0.2) is 0 Å². The van der Waals surface area contributed by atoms with Gasteiger partial charge in [0.25, 0.3) is 5.95 Å². The highest BCUT2D eigenvalue weighted by atomic mass is 16.5. The van der Waals surface area contributed by atoms with Crippen LogP contribution in [0.5, 0.6) is 0 Å². The van der Waals surface area contributed by atoms with E-state index in [-0.39, 0.29) is 5.54 Å². The maximum atomic E-state index is 6.37. The van der Waals surface area contributed by atoms with E-state index in [9.17, 15) is 0 Å². The third-order valence-electron chi connectivity index (χ3n) is 3.63. The van der Waals surface area contributed by atoms with Crippen LogP contribution in [0.4, 0.5) is 5.95 Å². The SMILES string of the molecule is CCN(C)c1noc(CC2(N)CCCCC2)n1. The molecule has 2 rings (SSSR count). The molecule has 1 aliphatic carbocycles. The van der Waals surface area contributed by atoms with Crippen LogP contribution in [0.1, 0.15) is 44.9 Å². The van der Waals surface area contributed by atoms with Crippen LogP contribution >= 0.6 is 0 Å². The molecule has 0 aromatic carbocycles. The summed E-state index contributed by atoms with van der Waals surface area (Å²) in [5, 5.41) is 3.97. The lowest BCUT2D eigenvalue weighted by Gasteiger charge is -2.31. The summed E-state index contributed by atoms with van der Waals surface area (Å²) < 4.78 is 5.27. The van der Waals surface area contributed by atoms with Crippen LogP contribution in [0.2, 0.25) is 0 Å². The molecule has 0 spiro atoms. The predicted molar refractivity (Wildman–Crippen MR) is 66.9 cm³/mol. The maximum Gasteiger partial charge on any atom is 0.265 e. The molecule has 5 heteroatoms. The fourth-order valence-corrected chi connectivity index (χ4v) is 2.35. The summed E-state index contributed by atoms with van der Waals surface area (Å²) in [6, 6.07) is 0. The fourth-order valence-electron chi connectivity index (χ4n) is 2.35. The number of hydrogen-bond donors (Lipinski definition) is 1. The van der Waals surface area contributed by atoms with Crippen LogP contribution in [0.15, 0.2) is 4.52 Å². The normalized spacial score (nSPS) is 19.2. The summed E-state index contributed by atoms with van der Waals surface area (Å²) in [7, 11) is 1.95. The van der Waals surface area contributed by atoms with E-state index in [1.54, 1.807) is 0 Å². The smallest absolute Gasteiger partial charge is 0.265 e. The molecule has 0 radical (unpaired) electrons. The Balaban J connectivity index is 2.00. The lowest BCUT2D eigenvalue weighted by Crippen LogP contribution is -2.43. The Morgan fingerprint density at radius 2 is 2.06 bits per heavy atom. The monoisotopic (exact) mass is 238 g/mol. The van der Waals surface area contributed by atoms with Crippen molar-refractivity contribution in [2.24, 2.45) is 5.73 Å². The number of rotatable bonds is 4. The van der Waals surface area contributed by atoms with Crippen LogP contribution in [0, 0.1) is 0 Å².